The molecule has 1 aromatic carbocycles. The normalized spacial score (nSPS) is 12.3. The molecule has 2 aromatic rings. The number of likely N-dealkylation sites (N-methyl/N-ethyl adjacent to an activating group) is 1. The predicted octanol–water partition coefficient (Wildman–Crippen LogP) is 1.55. The Balaban J connectivity index is 1.82. The van der Waals surface area contributed by atoms with E-state index in [1.54, 1.807) is 6.20 Å². The third-order valence-corrected chi connectivity index (χ3v) is 3.33. The molecule has 106 valence electrons. The number of aromatic amines is 1. The summed E-state index contributed by atoms with van der Waals surface area (Å²) in [6.45, 7) is 3.12. The van der Waals surface area contributed by atoms with Gasteiger partial charge < -0.3 is 5.32 Å². The Morgan fingerprint density at radius 2 is 2.10 bits per heavy atom. The van der Waals surface area contributed by atoms with E-state index in [-0.39, 0.29) is 11.9 Å². The fourth-order valence-corrected chi connectivity index (χ4v) is 1.91. The number of nitrogens with one attached hydrogen (secondary N) is 2. The van der Waals surface area contributed by atoms with Gasteiger partial charge in [0.25, 0.3) is 0 Å². The fraction of sp³-hybridized carbons (Fsp3) is 0.333. The summed E-state index contributed by atoms with van der Waals surface area (Å²) in [6.07, 6.45) is 1.71. The Morgan fingerprint density at radius 1 is 1.35 bits per heavy atom. The molecule has 0 aliphatic carbocycles. The van der Waals surface area contributed by atoms with Crippen molar-refractivity contribution >= 4 is 5.91 Å². The van der Waals surface area contributed by atoms with E-state index in [1.165, 1.54) is 0 Å². The van der Waals surface area contributed by atoms with Gasteiger partial charge in [-0.15, -0.1) is 0 Å². The molecule has 2 rings (SSSR count). The Morgan fingerprint density at radius 3 is 2.75 bits per heavy atom. The van der Waals surface area contributed by atoms with Crippen LogP contribution in [0, 0.1) is 0 Å². The highest BCUT2D eigenvalue weighted by atomic mass is 16.2. The molecule has 0 saturated heterocycles. The van der Waals surface area contributed by atoms with Crippen LogP contribution in [0.15, 0.2) is 42.6 Å². The summed E-state index contributed by atoms with van der Waals surface area (Å²) in [6, 6.07) is 11.6. The van der Waals surface area contributed by atoms with Crippen molar-refractivity contribution in [2.24, 2.45) is 0 Å². The van der Waals surface area contributed by atoms with Crippen LogP contribution >= 0.6 is 0 Å². The number of rotatable bonds is 6. The van der Waals surface area contributed by atoms with Crippen molar-refractivity contribution in [2.45, 2.75) is 26.1 Å². The number of hydrogen-bond acceptors (Lipinski definition) is 3. The molecule has 1 heterocycles. The number of amides is 1. The Hall–Kier alpha value is -2.14. The van der Waals surface area contributed by atoms with Gasteiger partial charge in [0.2, 0.25) is 5.91 Å². The summed E-state index contributed by atoms with van der Waals surface area (Å²) in [5.74, 6) is 0.0240. The molecule has 0 fully saturated rings. The first kappa shape index (κ1) is 14.3. The van der Waals surface area contributed by atoms with Crippen molar-refractivity contribution in [1.82, 2.24) is 20.4 Å². The van der Waals surface area contributed by atoms with Gasteiger partial charge in [0.1, 0.15) is 0 Å². The number of carbonyl (C=O) groups is 1. The average molecular weight is 272 g/mol. The minimum absolute atomic E-state index is 0.0240. The number of aromatic nitrogens is 2. The maximum absolute atomic E-state index is 12.1. The van der Waals surface area contributed by atoms with Crippen LogP contribution in [0.4, 0.5) is 0 Å². The molecule has 1 aromatic heterocycles. The fourth-order valence-electron chi connectivity index (χ4n) is 1.91. The van der Waals surface area contributed by atoms with Crippen LogP contribution in [-0.4, -0.2) is 34.1 Å². The van der Waals surface area contributed by atoms with E-state index in [0.717, 1.165) is 11.3 Å². The summed E-state index contributed by atoms with van der Waals surface area (Å²) in [7, 11) is 1.92. The van der Waals surface area contributed by atoms with Crippen LogP contribution in [0.2, 0.25) is 0 Å². The summed E-state index contributed by atoms with van der Waals surface area (Å²) in [5.41, 5.74) is 2.10. The van der Waals surface area contributed by atoms with Crippen molar-refractivity contribution in [3.8, 4) is 0 Å². The topological polar surface area (TPSA) is 61.0 Å². The highest BCUT2D eigenvalue weighted by Crippen LogP contribution is 2.04. The molecule has 0 spiro atoms. The SMILES string of the molecule is CC(C(=O)NCc1ccccc1)N(C)Cc1ccn[nH]1. The standard InChI is InChI=1S/C15H20N4O/c1-12(19(2)11-14-8-9-17-18-14)15(20)16-10-13-6-4-3-5-7-13/h3-9,12H,10-11H2,1-2H3,(H,16,20)(H,17,18). The largest absolute Gasteiger partial charge is 0.351 e. The lowest BCUT2D eigenvalue weighted by Crippen LogP contribution is -2.42. The van der Waals surface area contributed by atoms with Gasteiger partial charge in [0.05, 0.1) is 6.04 Å². The average Bonchev–Trinajstić information content (AvgIpc) is 2.98. The highest BCUT2D eigenvalue weighted by molar-refractivity contribution is 5.81. The third-order valence-electron chi connectivity index (χ3n) is 3.33. The molecule has 2 N–H and O–H groups in total. The lowest BCUT2D eigenvalue weighted by Gasteiger charge is -2.23. The quantitative estimate of drug-likeness (QED) is 0.838. The van der Waals surface area contributed by atoms with Gasteiger partial charge in [0, 0.05) is 25.0 Å². The molecule has 20 heavy (non-hydrogen) atoms. The molecular weight excluding hydrogens is 252 g/mol. The van der Waals surface area contributed by atoms with Gasteiger partial charge >= 0.3 is 0 Å². The minimum Gasteiger partial charge on any atom is -0.351 e. The molecule has 0 aliphatic rings. The Kier molecular flexibility index (Phi) is 4.90. The monoisotopic (exact) mass is 272 g/mol. The van der Waals surface area contributed by atoms with Crippen LogP contribution < -0.4 is 5.32 Å². The number of hydrogen-bond donors (Lipinski definition) is 2. The van der Waals surface area contributed by atoms with E-state index in [4.69, 9.17) is 0 Å². The molecule has 1 atom stereocenters. The van der Waals surface area contributed by atoms with Crippen LogP contribution in [0.1, 0.15) is 18.2 Å². The van der Waals surface area contributed by atoms with E-state index in [9.17, 15) is 4.79 Å². The second-order valence-corrected chi connectivity index (χ2v) is 4.88. The first-order valence-electron chi connectivity index (χ1n) is 6.67. The van der Waals surface area contributed by atoms with Crippen LogP contribution in [0.25, 0.3) is 0 Å². The predicted molar refractivity (Wildman–Crippen MR) is 77.8 cm³/mol. The number of carbonyl (C=O) groups excluding carboxylic acids is 1. The van der Waals surface area contributed by atoms with Crippen LogP contribution in [-0.2, 0) is 17.9 Å². The zero-order chi connectivity index (χ0) is 14.4. The van der Waals surface area contributed by atoms with E-state index in [0.29, 0.717) is 13.1 Å². The van der Waals surface area contributed by atoms with E-state index in [2.05, 4.69) is 15.5 Å². The number of H-pyrrole nitrogens is 1. The Bertz CT molecular complexity index is 524. The van der Waals surface area contributed by atoms with E-state index >= 15 is 0 Å². The van der Waals surface area contributed by atoms with Gasteiger partial charge in [0.15, 0.2) is 0 Å². The molecule has 1 unspecified atom stereocenters. The van der Waals surface area contributed by atoms with Gasteiger partial charge in [-0.3, -0.25) is 14.8 Å². The van der Waals surface area contributed by atoms with Crippen molar-refractivity contribution in [3.63, 3.8) is 0 Å². The van der Waals surface area contributed by atoms with Crippen LogP contribution in [0.3, 0.4) is 0 Å². The van der Waals surface area contributed by atoms with Crippen molar-refractivity contribution in [2.75, 3.05) is 7.05 Å². The first-order valence-corrected chi connectivity index (χ1v) is 6.67. The lowest BCUT2D eigenvalue weighted by atomic mass is 10.2. The van der Waals surface area contributed by atoms with Crippen LogP contribution in [0.5, 0.6) is 0 Å². The summed E-state index contributed by atoms with van der Waals surface area (Å²) < 4.78 is 0. The summed E-state index contributed by atoms with van der Waals surface area (Å²) >= 11 is 0. The molecule has 1 amide bonds. The third kappa shape index (κ3) is 3.93. The zero-order valence-corrected chi connectivity index (χ0v) is 11.8. The van der Waals surface area contributed by atoms with Gasteiger partial charge in [-0.2, -0.15) is 5.10 Å². The molecule has 5 nitrogen and oxygen atoms in total. The van der Waals surface area contributed by atoms with Crippen molar-refractivity contribution in [1.29, 1.82) is 0 Å². The van der Waals surface area contributed by atoms with E-state index in [1.807, 2.05) is 55.3 Å². The number of nitrogens with zero attached hydrogens (tertiary/aromatic N) is 2. The maximum atomic E-state index is 12.1. The van der Waals surface area contributed by atoms with E-state index < -0.39 is 0 Å². The van der Waals surface area contributed by atoms with Crippen molar-refractivity contribution in [3.05, 3.63) is 53.9 Å². The molecular formula is C15H20N4O. The molecule has 0 radical (unpaired) electrons. The molecule has 0 bridgehead atoms. The second kappa shape index (κ2) is 6.86. The number of benzene rings is 1. The minimum atomic E-state index is -0.193. The maximum Gasteiger partial charge on any atom is 0.237 e. The molecule has 5 heteroatoms. The highest BCUT2D eigenvalue weighted by Gasteiger charge is 2.18. The summed E-state index contributed by atoms with van der Waals surface area (Å²) in [5, 5.41) is 9.75. The first-order chi connectivity index (χ1) is 9.66. The Labute approximate surface area is 119 Å². The zero-order valence-electron chi connectivity index (χ0n) is 11.8. The second-order valence-electron chi connectivity index (χ2n) is 4.88. The van der Waals surface area contributed by atoms with Crippen molar-refractivity contribution < 1.29 is 4.79 Å². The lowest BCUT2D eigenvalue weighted by molar-refractivity contribution is -0.125. The summed E-state index contributed by atoms with van der Waals surface area (Å²) in [4.78, 5) is 14.1. The smallest absolute Gasteiger partial charge is 0.237 e. The van der Waals surface area contributed by atoms with Gasteiger partial charge in [-0.1, -0.05) is 30.3 Å². The van der Waals surface area contributed by atoms with Gasteiger partial charge in [-0.05, 0) is 25.6 Å². The molecule has 0 saturated carbocycles. The van der Waals surface area contributed by atoms with Gasteiger partial charge in [-0.25, -0.2) is 0 Å². The molecule has 0 aliphatic heterocycles.